The van der Waals surface area contributed by atoms with Crippen LogP contribution in [0.25, 0.3) is 10.9 Å². The zero-order valence-electron chi connectivity index (χ0n) is 25.3. The van der Waals surface area contributed by atoms with E-state index in [0.717, 1.165) is 8.61 Å². The Kier molecular flexibility index (Phi) is 9.13. The first-order valence-electron chi connectivity index (χ1n) is 14.3. The van der Waals surface area contributed by atoms with Crippen LogP contribution >= 0.6 is 15.9 Å². The molecule has 4 atom stereocenters. The number of aromatic nitrogens is 1. The zero-order chi connectivity index (χ0) is 32.9. The van der Waals surface area contributed by atoms with Crippen LogP contribution in [0.3, 0.4) is 0 Å². The van der Waals surface area contributed by atoms with Gasteiger partial charge in [0.25, 0.3) is 16.1 Å². The summed E-state index contributed by atoms with van der Waals surface area (Å²) in [4.78, 5) is 31.6. The number of carbonyl (C=O) groups is 2. The lowest BCUT2D eigenvalue weighted by Crippen LogP contribution is -2.57. The van der Waals surface area contributed by atoms with Crippen LogP contribution in [0.2, 0.25) is 0 Å². The molecule has 2 aliphatic carbocycles. The van der Waals surface area contributed by atoms with Gasteiger partial charge in [-0.2, -0.15) is 17.0 Å². The minimum atomic E-state index is -4.13. The van der Waals surface area contributed by atoms with Gasteiger partial charge >= 0.3 is 0 Å². The summed E-state index contributed by atoms with van der Waals surface area (Å²) in [7, 11) is -3.79. The van der Waals surface area contributed by atoms with E-state index < -0.39 is 60.9 Å². The molecule has 246 valence electrons. The van der Waals surface area contributed by atoms with Gasteiger partial charge in [-0.3, -0.25) is 14.3 Å². The maximum Gasteiger partial charge on any atom is 0.282 e. The summed E-state index contributed by atoms with van der Waals surface area (Å²) in [6.07, 6.45) is 1.67. The van der Waals surface area contributed by atoms with Crippen LogP contribution in [0.5, 0.6) is 17.4 Å². The highest BCUT2D eigenvalue weighted by Crippen LogP contribution is 2.46. The molecule has 0 bridgehead atoms. The highest BCUT2D eigenvalue weighted by Gasteiger charge is 2.62. The van der Waals surface area contributed by atoms with Crippen LogP contribution in [0.1, 0.15) is 32.6 Å². The number of nitrogens with one attached hydrogen (secondary N) is 2. The third-order valence-electron chi connectivity index (χ3n) is 8.16. The highest BCUT2D eigenvalue weighted by atomic mass is 79.9. The number of fused-ring (bicyclic) bond motifs is 1. The molecule has 1 aliphatic heterocycles. The van der Waals surface area contributed by atoms with Crippen LogP contribution < -0.4 is 24.2 Å². The standard InChI is InChI=1S/C28H36BrN5O9S2/c1-6-16-14-28(16,27(36)32-44(37,38)18-8-9-18)31-26(35)20-12-17(15-34(20)45(39,40)33(3)4)43-22-13-23(42-7-2)30-25-19(22)10-11-21(41-5)24(25)29/h6,10-11,13,16-18,20H,1,7-9,12,14-15H2,2-5H3,(H,31,35)(H,32,36)/t16-,17-,20-,28-/m1/s1. The average molecular weight is 731 g/mol. The van der Waals surface area contributed by atoms with Crippen molar-refractivity contribution in [1.82, 2.24) is 23.6 Å². The van der Waals surface area contributed by atoms with Gasteiger partial charge in [-0.25, -0.2) is 13.4 Å². The Balaban J connectivity index is 1.44. The summed E-state index contributed by atoms with van der Waals surface area (Å²) in [5.74, 6) is -0.979. The van der Waals surface area contributed by atoms with Crippen molar-refractivity contribution < 1.29 is 40.6 Å². The Bertz CT molecular complexity index is 1750. The minimum absolute atomic E-state index is 0.0547. The van der Waals surface area contributed by atoms with E-state index in [1.165, 1.54) is 27.3 Å². The van der Waals surface area contributed by atoms with Crippen LogP contribution in [0, 0.1) is 5.92 Å². The number of pyridine rings is 1. The Morgan fingerprint density at radius 3 is 2.51 bits per heavy atom. The molecule has 14 nitrogen and oxygen atoms in total. The second kappa shape index (κ2) is 12.3. The number of hydrogen-bond acceptors (Lipinski definition) is 10. The maximum absolute atomic E-state index is 13.8. The molecule has 3 fully saturated rings. The first kappa shape index (κ1) is 33.4. The largest absolute Gasteiger partial charge is 0.495 e. The summed E-state index contributed by atoms with van der Waals surface area (Å²) in [6.45, 7) is 5.67. The number of amides is 2. The van der Waals surface area contributed by atoms with Gasteiger partial charge in [0, 0.05) is 37.9 Å². The molecule has 2 aromatic rings. The molecular formula is C28H36BrN5O9S2. The second-order valence-electron chi connectivity index (χ2n) is 11.4. The van der Waals surface area contributed by atoms with E-state index in [4.69, 9.17) is 14.2 Å². The van der Waals surface area contributed by atoms with Crippen molar-refractivity contribution in [3.8, 4) is 17.4 Å². The van der Waals surface area contributed by atoms with E-state index in [-0.39, 0.29) is 25.3 Å². The van der Waals surface area contributed by atoms with E-state index in [9.17, 15) is 26.4 Å². The molecule has 17 heteroatoms. The van der Waals surface area contributed by atoms with Crippen molar-refractivity contribution in [2.24, 2.45) is 5.92 Å². The van der Waals surface area contributed by atoms with Crippen LogP contribution in [0.4, 0.5) is 0 Å². The van der Waals surface area contributed by atoms with Gasteiger partial charge < -0.3 is 19.5 Å². The molecule has 2 saturated carbocycles. The summed E-state index contributed by atoms with van der Waals surface area (Å²) in [5, 5.41) is 2.63. The molecule has 0 radical (unpaired) electrons. The predicted octanol–water partition coefficient (Wildman–Crippen LogP) is 1.70. The maximum atomic E-state index is 13.8. The number of ether oxygens (including phenoxy) is 3. The van der Waals surface area contributed by atoms with Crippen molar-refractivity contribution in [2.75, 3.05) is 34.4 Å². The van der Waals surface area contributed by atoms with E-state index in [2.05, 4.69) is 37.5 Å². The fourth-order valence-electron chi connectivity index (χ4n) is 5.42. The lowest BCUT2D eigenvalue weighted by molar-refractivity contribution is -0.131. The lowest BCUT2D eigenvalue weighted by atomic mass is 10.1. The predicted molar refractivity (Wildman–Crippen MR) is 169 cm³/mol. The van der Waals surface area contributed by atoms with Gasteiger partial charge in [0.1, 0.15) is 29.2 Å². The zero-order valence-corrected chi connectivity index (χ0v) is 28.5. The molecule has 1 saturated heterocycles. The number of hydrogen-bond donors (Lipinski definition) is 2. The van der Waals surface area contributed by atoms with Gasteiger partial charge in [0.2, 0.25) is 21.8 Å². The molecule has 45 heavy (non-hydrogen) atoms. The smallest absolute Gasteiger partial charge is 0.282 e. The molecule has 1 aromatic carbocycles. The van der Waals surface area contributed by atoms with Crippen LogP contribution in [0.15, 0.2) is 35.3 Å². The Labute approximate surface area is 270 Å². The molecule has 2 heterocycles. The number of rotatable bonds is 13. The number of carbonyl (C=O) groups excluding carboxylic acids is 2. The Hall–Kier alpha value is -2.99. The second-order valence-corrected chi connectivity index (χ2v) is 16.3. The van der Waals surface area contributed by atoms with Gasteiger partial charge in [0.05, 0.1) is 35.5 Å². The number of nitrogens with zero attached hydrogens (tertiary/aromatic N) is 3. The summed E-state index contributed by atoms with van der Waals surface area (Å²) >= 11 is 3.52. The Morgan fingerprint density at radius 1 is 1.22 bits per heavy atom. The van der Waals surface area contributed by atoms with Gasteiger partial charge in [-0.15, -0.1) is 6.58 Å². The molecule has 0 unspecified atom stereocenters. The van der Waals surface area contributed by atoms with Crippen LogP contribution in [-0.4, -0.2) is 99.5 Å². The van der Waals surface area contributed by atoms with Gasteiger partial charge in [0.15, 0.2) is 0 Å². The average Bonchev–Trinajstić information content (AvgIpc) is 3.90. The van der Waals surface area contributed by atoms with E-state index in [1.807, 2.05) is 6.92 Å². The first-order valence-corrected chi connectivity index (χ1v) is 18.1. The lowest BCUT2D eigenvalue weighted by Gasteiger charge is -2.27. The first-order chi connectivity index (χ1) is 21.2. The number of sulfonamides is 1. The number of methoxy groups -OCH3 is 1. The van der Waals surface area contributed by atoms with Crippen molar-refractivity contribution in [1.29, 1.82) is 0 Å². The molecule has 1 aromatic heterocycles. The van der Waals surface area contributed by atoms with E-state index >= 15 is 0 Å². The topological polar surface area (TPSA) is 174 Å². The fourth-order valence-corrected chi connectivity index (χ4v) is 8.66. The van der Waals surface area contributed by atoms with Crippen LogP contribution in [-0.2, 0) is 29.8 Å². The molecule has 2 amide bonds. The van der Waals surface area contributed by atoms with Crippen molar-refractivity contribution >= 4 is 58.9 Å². The number of halogens is 1. The normalized spacial score (nSPS) is 25.2. The Morgan fingerprint density at radius 2 is 1.93 bits per heavy atom. The molecular weight excluding hydrogens is 694 g/mol. The summed E-state index contributed by atoms with van der Waals surface area (Å²) < 4.78 is 73.9. The number of benzene rings is 1. The SMILES string of the molecule is C=C[C@@H]1C[C@]1(NC(=O)[C@H]1C[C@@H](Oc2cc(OCC)nc3c(Br)c(OC)ccc23)CN1S(=O)(=O)N(C)C)C(=O)NS(=O)(=O)C1CC1. The van der Waals surface area contributed by atoms with Gasteiger partial charge in [-0.05, 0) is 54.2 Å². The molecule has 0 spiro atoms. The summed E-state index contributed by atoms with van der Waals surface area (Å²) in [5.41, 5.74) is -1.06. The highest BCUT2D eigenvalue weighted by molar-refractivity contribution is 9.10. The molecule has 2 N–H and O–H groups in total. The molecule has 5 rings (SSSR count). The fraction of sp³-hybridized carbons (Fsp3) is 0.536. The third-order valence-corrected chi connectivity index (χ3v) is 12.7. The quantitative estimate of drug-likeness (QED) is 0.289. The van der Waals surface area contributed by atoms with E-state index in [0.29, 0.717) is 46.3 Å². The van der Waals surface area contributed by atoms with E-state index in [1.54, 1.807) is 18.2 Å². The minimum Gasteiger partial charge on any atom is -0.495 e. The summed E-state index contributed by atoms with van der Waals surface area (Å²) in [6, 6.07) is 3.82. The van der Waals surface area contributed by atoms with Crippen molar-refractivity contribution in [2.45, 2.75) is 55.5 Å². The van der Waals surface area contributed by atoms with Crippen molar-refractivity contribution in [3.05, 3.63) is 35.3 Å². The van der Waals surface area contributed by atoms with Gasteiger partial charge in [-0.1, -0.05) is 6.08 Å². The molecule has 3 aliphatic rings. The van der Waals surface area contributed by atoms with Crippen molar-refractivity contribution in [3.63, 3.8) is 0 Å². The third kappa shape index (κ3) is 6.37. The monoisotopic (exact) mass is 729 g/mol.